The molecule has 0 amide bonds. The second kappa shape index (κ2) is 6.86. The van der Waals surface area contributed by atoms with E-state index in [1.807, 2.05) is 0 Å². The normalized spacial score (nSPS) is 12.6. The molecule has 2 atom stereocenters. The van der Waals surface area contributed by atoms with Gasteiger partial charge in [-0.25, -0.2) is 0 Å². The molecule has 0 bridgehead atoms. The van der Waals surface area contributed by atoms with E-state index < -0.39 is 22.7 Å². The maximum atomic E-state index is 11.7. The number of nitriles is 2. The summed E-state index contributed by atoms with van der Waals surface area (Å²) in [5.41, 5.74) is -0.275. The van der Waals surface area contributed by atoms with Gasteiger partial charge in [0.15, 0.2) is 5.92 Å². The van der Waals surface area contributed by atoms with Crippen molar-refractivity contribution in [3.05, 3.63) is 39.9 Å². The van der Waals surface area contributed by atoms with Crippen LogP contribution in [0, 0.1) is 38.7 Å². The van der Waals surface area contributed by atoms with E-state index >= 15 is 0 Å². The lowest BCUT2D eigenvalue weighted by molar-refractivity contribution is -0.385. The fourth-order valence-electron chi connectivity index (χ4n) is 1.74. The third-order valence-corrected chi connectivity index (χ3v) is 2.62. The number of carbonyl (C=O) groups excluding carboxylic acids is 1. The van der Waals surface area contributed by atoms with Gasteiger partial charge in [-0.2, -0.15) is 10.5 Å². The molecule has 0 N–H and O–H groups in total. The van der Waals surface area contributed by atoms with Crippen LogP contribution in [0.1, 0.15) is 18.4 Å². The SMILES string of the molecule is CCOC(=O)C(C#N)C(C#N)c1ccccc1[N+](=O)[O-]. The monoisotopic (exact) mass is 273 g/mol. The number of hydrogen-bond acceptors (Lipinski definition) is 6. The van der Waals surface area contributed by atoms with Gasteiger partial charge >= 0.3 is 5.97 Å². The molecule has 7 heteroatoms. The number of hydrogen-bond donors (Lipinski definition) is 0. The summed E-state index contributed by atoms with van der Waals surface area (Å²) in [6.07, 6.45) is 0. The van der Waals surface area contributed by atoms with E-state index in [1.54, 1.807) is 19.1 Å². The Morgan fingerprint density at radius 2 is 2.05 bits per heavy atom. The number of ether oxygens (including phenoxy) is 1. The van der Waals surface area contributed by atoms with Crippen molar-refractivity contribution >= 4 is 11.7 Å². The number of nitrogens with zero attached hydrogens (tertiary/aromatic N) is 3. The maximum absolute atomic E-state index is 11.7. The summed E-state index contributed by atoms with van der Waals surface area (Å²) < 4.78 is 4.72. The summed E-state index contributed by atoms with van der Waals surface area (Å²) in [6.45, 7) is 1.63. The number of nitro benzene ring substituents is 1. The fraction of sp³-hybridized carbons (Fsp3) is 0.308. The van der Waals surface area contributed by atoms with Gasteiger partial charge in [-0.3, -0.25) is 14.9 Å². The van der Waals surface area contributed by atoms with Crippen LogP contribution in [0.3, 0.4) is 0 Å². The highest BCUT2D eigenvalue weighted by atomic mass is 16.6. The first-order chi connectivity index (χ1) is 9.56. The van der Waals surface area contributed by atoms with Crippen molar-refractivity contribution in [1.82, 2.24) is 0 Å². The van der Waals surface area contributed by atoms with Crippen molar-refractivity contribution in [2.75, 3.05) is 6.61 Å². The third-order valence-electron chi connectivity index (χ3n) is 2.62. The highest BCUT2D eigenvalue weighted by molar-refractivity contribution is 5.77. The van der Waals surface area contributed by atoms with Gasteiger partial charge in [0.1, 0.15) is 5.92 Å². The lowest BCUT2D eigenvalue weighted by atomic mass is 9.87. The Hall–Kier alpha value is -2.93. The van der Waals surface area contributed by atoms with Crippen LogP contribution in [-0.2, 0) is 9.53 Å². The minimum atomic E-state index is -1.40. The van der Waals surface area contributed by atoms with Crippen LogP contribution in [-0.4, -0.2) is 17.5 Å². The number of para-hydroxylation sites is 1. The van der Waals surface area contributed by atoms with Crippen LogP contribution in [0.25, 0.3) is 0 Å². The topological polar surface area (TPSA) is 117 Å². The lowest BCUT2D eigenvalue weighted by Gasteiger charge is -2.14. The predicted molar refractivity (Wildman–Crippen MR) is 67.2 cm³/mol. The molecule has 0 fully saturated rings. The van der Waals surface area contributed by atoms with Crippen LogP contribution >= 0.6 is 0 Å². The largest absolute Gasteiger partial charge is 0.465 e. The van der Waals surface area contributed by atoms with Gasteiger partial charge < -0.3 is 4.74 Å². The molecule has 102 valence electrons. The van der Waals surface area contributed by atoms with Crippen LogP contribution < -0.4 is 0 Å². The van der Waals surface area contributed by atoms with E-state index in [-0.39, 0.29) is 17.9 Å². The minimum Gasteiger partial charge on any atom is -0.465 e. The van der Waals surface area contributed by atoms with Gasteiger partial charge in [0.05, 0.1) is 23.7 Å². The molecule has 0 radical (unpaired) electrons. The number of benzene rings is 1. The Kier molecular flexibility index (Phi) is 5.19. The number of rotatable bonds is 5. The average Bonchev–Trinajstić information content (AvgIpc) is 2.44. The van der Waals surface area contributed by atoms with E-state index in [2.05, 4.69) is 0 Å². The fourth-order valence-corrected chi connectivity index (χ4v) is 1.74. The first-order valence-corrected chi connectivity index (χ1v) is 5.76. The van der Waals surface area contributed by atoms with Crippen molar-refractivity contribution in [2.24, 2.45) is 5.92 Å². The quantitative estimate of drug-likeness (QED) is 0.459. The molecule has 0 spiro atoms. The van der Waals surface area contributed by atoms with Crippen LogP contribution in [0.5, 0.6) is 0 Å². The number of nitro groups is 1. The molecule has 20 heavy (non-hydrogen) atoms. The minimum absolute atomic E-state index is 0.0274. The molecule has 0 aliphatic rings. The van der Waals surface area contributed by atoms with E-state index in [1.165, 1.54) is 24.3 Å². The van der Waals surface area contributed by atoms with Crippen LogP contribution in [0.15, 0.2) is 24.3 Å². The highest BCUT2D eigenvalue weighted by Crippen LogP contribution is 2.31. The maximum Gasteiger partial charge on any atom is 0.325 e. The van der Waals surface area contributed by atoms with E-state index in [9.17, 15) is 20.2 Å². The van der Waals surface area contributed by atoms with Crippen molar-refractivity contribution in [3.63, 3.8) is 0 Å². The van der Waals surface area contributed by atoms with Gasteiger partial charge in [-0.1, -0.05) is 18.2 Å². The van der Waals surface area contributed by atoms with Crippen molar-refractivity contribution in [2.45, 2.75) is 12.8 Å². The van der Waals surface area contributed by atoms with Crippen LogP contribution in [0.2, 0.25) is 0 Å². The molecule has 0 aliphatic heterocycles. The summed E-state index contributed by atoms with van der Waals surface area (Å²) in [5.74, 6) is -3.51. The Balaban J connectivity index is 3.27. The van der Waals surface area contributed by atoms with Gasteiger partial charge in [-0.05, 0) is 6.92 Å². The zero-order valence-electron chi connectivity index (χ0n) is 10.6. The Morgan fingerprint density at radius 1 is 1.40 bits per heavy atom. The van der Waals surface area contributed by atoms with E-state index in [0.29, 0.717) is 0 Å². The molecule has 0 aliphatic carbocycles. The first-order valence-electron chi connectivity index (χ1n) is 5.76. The van der Waals surface area contributed by atoms with Crippen molar-refractivity contribution in [1.29, 1.82) is 10.5 Å². The van der Waals surface area contributed by atoms with Gasteiger partial charge in [0.2, 0.25) is 0 Å². The van der Waals surface area contributed by atoms with Crippen molar-refractivity contribution in [3.8, 4) is 12.1 Å². The number of esters is 1. The lowest BCUT2D eigenvalue weighted by Crippen LogP contribution is -2.23. The molecule has 1 rings (SSSR count). The molecule has 0 heterocycles. The molecule has 1 aromatic carbocycles. The summed E-state index contributed by atoms with van der Waals surface area (Å²) in [4.78, 5) is 22.0. The van der Waals surface area contributed by atoms with Crippen LogP contribution in [0.4, 0.5) is 5.69 Å². The summed E-state index contributed by atoms with van der Waals surface area (Å²) in [5, 5.41) is 29.2. The van der Waals surface area contributed by atoms with Gasteiger partial charge in [0.25, 0.3) is 5.69 Å². The van der Waals surface area contributed by atoms with E-state index in [0.717, 1.165) is 0 Å². The molecule has 1 aromatic rings. The molecular formula is C13H11N3O4. The Bertz CT molecular complexity index is 600. The Morgan fingerprint density at radius 3 is 2.55 bits per heavy atom. The highest BCUT2D eigenvalue weighted by Gasteiger charge is 2.35. The zero-order valence-corrected chi connectivity index (χ0v) is 10.6. The standard InChI is InChI=1S/C13H11N3O4/c1-2-20-13(17)11(8-15)10(7-14)9-5-3-4-6-12(9)16(18)19/h3-6,10-11H,2H2,1H3. The molecule has 0 saturated carbocycles. The third kappa shape index (κ3) is 3.09. The summed E-state index contributed by atoms with van der Waals surface area (Å²) in [6, 6.07) is 8.99. The summed E-state index contributed by atoms with van der Waals surface area (Å²) >= 11 is 0. The predicted octanol–water partition coefficient (Wildman–Crippen LogP) is 1.90. The smallest absolute Gasteiger partial charge is 0.325 e. The van der Waals surface area contributed by atoms with Gasteiger partial charge in [0, 0.05) is 11.6 Å². The van der Waals surface area contributed by atoms with Crippen molar-refractivity contribution < 1.29 is 14.5 Å². The van der Waals surface area contributed by atoms with Gasteiger partial charge in [-0.15, -0.1) is 0 Å². The first kappa shape index (κ1) is 15.1. The average molecular weight is 273 g/mol. The molecule has 7 nitrogen and oxygen atoms in total. The summed E-state index contributed by atoms with van der Waals surface area (Å²) in [7, 11) is 0. The molecular weight excluding hydrogens is 262 g/mol. The molecule has 2 unspecified atom stereocenters. The molecule has 0 aromatic heterocycles. The molecule has 0 saturated heterocycles. The number of carbonyl (C=O) groups is 1. The second-order valence-electron chi connectivity index (χ2n) is 3.78. The zero-order chi connectivity index (χ0) is 15.1. The van der Waals surface area contributed by atoms with E-state index in [4.69, 9.17) is 10.00 Å². The Labute approximate surface area is 115 Å². The second-order valence-corrected chi connectivity index (χ2v) is 3.78.